The van der Waals surface area contributed by atoms with Crippen LogP contribution in [0.4, 0.5) is 0 Å². The number of carbonyl (C=O) groups excluding carboxylic acids is 2. The maximum Gasteiger partial charge on any atom is 0.253 e. The molecular formula is C19H26ClN3O2. The van der Waals surface area contributed by atoms with E-state index in [2.05, 4.69) is 0 Å². The minimum Gasteiger partial charge on any atom is -0.341 e. The van der Waals surface area contributed by atoms with E-state index in [1.54, 1.807) is 24.3 Å². The number of hydrogen-bond donors (Lipinski definition) is 1. The Hall–Kier alpha value is -1.59. The van der Waals surface area contributed by atoms with Gasteiger partial charge in [0.1, 0.15) is 0 Å². The molecule has 1 heterocycles. The molecule has 0 aromatic heterocycles. The quantitative estimate of drug-likeness (QED) is 0.878. The number of amides is 2. The van der Waals surface area contributed by atoms with Crippen molar-refractivity contribution in [3.63, 3.8) is 0 Å². The first kappa shape index (κ1) is 18.2. The molecule has 2 aliphatic rings. The average Bonchev–Trinajstić information content (AvgIpc) is 2.87. The number of nitrogens with two attached hydrogens (primary N) is 1. The Bertz CT molecular complexity index is 620. The third kappa shape index (κ3) is 4.53. The van der Waals surface area contributed by atoms with Gasteiger partial charge >= 0.3 is 0 Å². The summed E-state index contributed by atoms with van der Waals surface area (Å²) in [6.45, 7) is 2.57. The van der Waals surface area contributed by atoms with Crippen molar-refractivity contribution in [1.29, 1.82) is 0 Å². The van der Waals surface area contributed by atoms with Gasteiger partial charge in [0.15, 0.2) is 0 Å². The van der Waals surface area contributed by atoms with E-state index < -0.39 is 0 Å². The monoisotopic (exact) mass is 363 g/mol. The Kier molecular flexibility index (Phi) is 5.97. The van der Waals surface area contributed by atoms with Crippen molar-refractivity contribution >= 4 is 23.4 Å². The van der Waals surface area contributed by atoms with Crippen molar-refractivity contribution in [1.82, 2.24) is 9.80 Å². The zero-order valence-corrected chi connectivity index (χ0v) is 15.3. The molecule has 2 amide bonds. The molecule has 0 spiro atoms. The van der Waals surface area contributed by atoms with E-state index in [0.717, 1.165) is 38.6 Å². The number of nitrogens with zero attached hydrogens (tertiary/aromatic N) is 2. The predicted octanol–water partition coefficient (Wildman–Crippen LogP) is 2.53. The van der Waals surface area contributed by atoms with Crippen LogP contribution in [0.25, 0.3) is 0 Å². The maximum absolute atomic E-state index is 12.8. The molecule has 1 aromatic rings. The highest BCUT2D eigenvalue weighted by molar-refractivity contribution is 6.30. The second-order valence-corrected chi connectivity index (χ2v) is 7.54. The first-order chi connectivity index (χ1) is 12.0. The predicted molar refractivity (Wildman–Crippen MR) is 98.5 cm³/mol. The van der Waals surface area contributed by atoms with E-state index in [4.69, 9.17) is 17.3 Å². The van der Waals surface area contributed by atoms with Crippen LogP contribution in [0.1, 0.15) is 42.5 Å². The Morgan fingerprint density at radius 2 is 1.64 bits per heavy atom. The van der Waals surface area contributed by atoms with Crippen LogP contribution in [0.3, 0.4) is 0 Å². The topological polar surface area (TPSA) is 66.6 Å². The Morgan fingerprint density at radius 3 is 2.36 bits per heavy atom. The van der Waals surface area contributed by atoms with Crippen LogP contribution in [0, 0.1) is 5.92 Å². The van der Waals surface area contributed by atoms with Gasteiger partial charge in [-0.25, -0.2) is 0 Å². The van der Waals surface area contributed by atoms with Crippen molar-refractivity contribution in [2.24, 2.45) is 11.7 Å². The molecule has 2 atom stereocenters. The normalized spacial score (nSPS) is 24.7. The highest BCUT2D eigenvalue weighted by Crippen LogP contribution is 2.25. The van der Waals surface area contributed by atoms with Crippen LogP contribution >= 0.6 is 11.6 Å². The molecule has 0 bridgehead atoms. The second kappa shape index (κ2) is 8.19. The lowest BCUT2D eigenvalue weighted by atomic mass is 9.85. The second-order valence-electron chi connectivity index (χ2n) is 7.10. The summed E-state index contributed by atoms with van der Waals surface area (Å²) in [5.74, 6) is 0.281. The standard InChI is InChI=1S/C19H26ClN3O2/c20-16-7-5-14(6-8-16)18(24)22-9-2-10-23(12-11-22)19(25)15-3-1-4-17(21)13-15/h5-8,15,17H,1-4,9-13,21H2. The number of rotatable bonds is 2. The van der Waals surface area contributed by atoms with Crippen molar-refractivity contribution in [3.05, 3.63) is 34.9 Å². The van der Waals surface area contributed by atoms with Crippen LogP contribution in [0.5, 0.6) is 0 Å². The van der Waals surface area contributed by atoms with Gasteiger partial charge in [-0.2, -0.15) is 0 Å². The Morgan fingerprint density at radius 1 is 0.960 bits per heavy atom. The molecule has 1 aromatic carbocycles. The van der Waals surface area contributed by atoms with Crippen LogP contribution < -0.4 is 5.73 Å². The summed E-state index contributed by atoms with van der Waals surface area (Å²) < 4.78 is 0. The first-order valence-electron chi connectivity index (χ1n) is 9.14. The fourth-order valence-electron chi connectivity index (χ4n) is 3.83. The van der Waals surface area contributed by atoms with Crippen LogP contribution in [0.2, 0.25) is 5.02 Å². The Labute approximate surface area is 154 Å². The van der Waals surface area contributed by atoms with E-state index in [9.17, 15) is 9.59 Å². The van der Waals surface area contributed by atoms with Crippen LogP contribution in [-0.4, -0.2) is 53.8 Å². The molecule has 2 N–H and O–H groups in total. The van der Waals surface area contributed by atoms with Crippen LogP contribution in [0.15, 0.2) is 24.3 Å². The van der Waals surface area contributed by atoms with Crippen molar-refractivity contribution in [2.75, 3.05) is 26.2 Å². The highest BCUT2D eigenvalue weighted by Gasteiger charge is 2.30. The summed E-state index contributed by atoms with van der Waals surface area (Å²) in [4.78, 5) is 29.2. The summed E-state index contributed by atoms with van der Waals surface area (Å²) in [6, 6.07) is 7.12. The molecule has 2 unspecified atom stereocenters. The number of carbonyl (C=O) groups is 2. The summed E-state index contributed by atoms with van der Waals surface area (Å²) in [6.07, 6.45) is 4.60. The third-order valence-electron chi connectivity index (χ3n) is 5.25. The fourth-order valence-corrected chi connectivity index (χ4v) is 3.95. The lowest BCUT2D eigenvalue weighted by Crippen LogP contribution is -2.42. The summed E-state index contributed by atoms with van der Waals surface area (Å²) in [5, 5.41) is 0.620. The van der Waals surface area contributed by atoms with E-state index >= 15 is 0 Å². The molecule has 1 saturated heterocycles. The van der Waals surface area contributed by atoms with E-state index in [0.29, 0.717) is 30.2 Å². The molecule has 6 heteroatoms. The van der Waals surface area contributed by atoms with Gasteiger partial charge in [0.25, 0.3) is 5.91 Å². The van der Waals surface area contributed by atoms with Gasteiger partial charge < -0.3 is 15.5 Å². The van der Waals surface area contributed by atoms with Crippen LogP contribution in [-0.2, 0) is 4.79 Å². The molecule has 1 aliphatic carbocycles. The Balaban J connectivity index is 1.59. The van der Waals surface area contributed by atoms with Gasteiger partial charge in [-0.3, -0.25) is 9.59 Å². The van der Waals surface area contributed by atoms with Gasteiger partial charge in [-0.15, -0.1) is 0 Å². The molecule has 3 rings (SSSR count). The smallest absolute Gasteiger partial charge is 0.253 e. The van der Waals surface area contributed by atoms with Gasteiger partial charge in [0, 0.05) is 48.7 Å². The number of benzene rings is 1. The summed E-state index contributed by atoms with van der Waals surface area (Å²) in [5.41, 5.74) is 6.67. The lowest BCUT2D eigenvalue weighted by Gasteiger charge is -2.30. The minimum absolute atomic E-state index is 0.00524. The van der Waals surface area contributed by atoms with Gasteiger partial charge in [-0.1, -0.05) is 18.0 Å². The van der Waals surface area contributed by atoms with Crippen molar-refractivity contribution < 1.29 is 9.59 Å². The van der Waals surface area contributed by atoms with Crippen molar-refractivity contribution in [2.45, 2.75) is 38.1 Å². The van der Waals surface area contributed by atoms with Crippen molar-refractivity contribution in [3.8, 4) is 0 Å². The largest absolute Gasteiger partial charge is 0.341 e. The average molecular weight is 364 g/mol. The molecule has 136 valence electrons. The minimum atomic E-state index is 0.00524. The first-order valence-corrected chi connectivity index (χ1v) is 9.51. The molecule has 2 fully saturated rings. The SMILES string of the molecule is NC1CCCC(C(=O)N2CCCN(C(=O)c3ccc(Cl)cc3)CC2)C1. The van der Waals surface area contributed by atoms with E-state index in [-0.39, 0.29) is 23.8 Å². The van der Waals surface area contributed by atoms with Gasteiger partial charge in [0.05, 0.1) is 0 Å². The fraction of sp³-hybridized carbons (Fsp3) is 0.579. The molecule has 0 radical (unpaired) electrons. The zero-order chi connectivity index (χ0) is 17.8. The highest BCUT2D eigenvalue weighted by atomic mass is 35.5. The molecule has 5 nitrogen and oxygen atoms in total. The molecule has 1 saturated carbocycles. The third-order valence-corrected chi connectivity index (χ3v) is 5.50. The molecular weight excluding hydrogens is 338 g/mol. The van der Waals surface area contributed by atoms with E-state index in [1.807, 2.05) is 9.80 Å². The molecule has 1 aliphatic heterocycles. The molecule has 25 heavy (non-hydrogen) atoms. The maximum atomic E-state index is 12.8. The van der Waals surface area contributed by atoms with Gasteiger partial charge in [0.2, 0.25) is 5.91 Å². The zero-order valence-electron chi connectivity index (χ0n) is 14.5. The van der Waals surface area contributed by atoms with E-state index in [1.165, 1.54) is 0 Å². The number of halogens is 1. The lowest BCUT2D eigenvalue weighted by molar-refractivity contribution is -0.136. The number of hydrogen-bond acceptors (Lipinski definition) is 3. The summed E-state index contributed by atoms with van der Waals surface area (Å²) in [7, 11) is 0. The van der Waals surface area contributed by atoms with Gasteiger partial charge in [-0.05, 0) is 49.9 Å². The summed E-state index contributed by atoms with van der Waals surface area (Å²) >= 11 is 5.89.